The van der Waals surface area contributed by atoms with Crippen LogP contribution >= 0.6 is 0 Å². The molecule has 0 aromatic heterocycles. The molecular weight excluding hydrogens is 228 g/mol. The SMILES string of the molecule is CC(C#N)CNC(=O)C1CCCCS1(=O)=O. The van der Waals surface area contributed by atoms with Gasteiger partial charge in [0.05, 0.1) is 17.7 Å². The maximum atomic E-state index is 11.6. The average molecular weight is 244 g/mol. The summed E-state index contributed by atoms with van der Waals surface area (Å²) in [5, 5.41) is 10.1. The quantitative estimate of drug-likeness (QED) is 0.769. The Morgan fingerprint density at radius 2 is 2.25 bits per heavy atom. The van der Waals surface area contributed by atoms with Gasteiger partial charge in [-0.25, -0.2) is 8.42 Å². The topological polar surface area (TPSA) is 87.0 Å². The van der Waals surface area contributed by atoms with Gasteiger partial charge in [-0.05, 0) is 19.8 Å². The maximum absolute atomic E-state index is 11.6. The Hall–Kier alpha value is -1.09. The lowest BCUT2D eigenvalue weighted by Crippen LogP contribution is -2.43. The van der Waals surface area contributed by atoms with Crippen molar-refractivity contribution >= 4 is 15.7 Å². The standard InChI is InChI=1S/C10H16N2O3S/c1-8(6-11)7-12-10(13)9-4-2-3-5-16(9,14)15/h8-9H,2-5,7H2,1H3,(H,12,13). The highest BCUT2D eigenvalue weighted by atomic mass is 32.2. The summed E-state index contributed by atoms with van der Waals surface area (Å²) in [4.78, 5) is 11.6. The van der Waals surface area contributed by atoms with Gasteiger partial charge in [0.25, 0.3) is 0 Å². The third-order valence-corrected chi connectivity index (χ3v) is 4.85. The van der Waals surface area contributed by atoms with Crippen LogP contribution in [0.3, 0.4) is 0 Å². The van der Waals surface area contributed by atoms with E-state index < -0.39 is 21.0 Å². The van der Waals surface area contributed by atoms with E-state index in [1.54, 1.807) is 6.92 Å². The molecule has 0 bridgehead atoms. The third kappa shape index (κ3) is 3.20. The highest BCUT2D eigenvalue weighted by molar-refractivity contribution is 7.92. The molecule has 2 atom stereocenters. The largest absolute Gasteiger partial charge is 0.354 e. The summed E-state index contributed by atoms with van der Waals surface area (Å²) >= 11 is 0. The van der Waals surface area contributed by atoms with Crippen molar-refractivity contribution in [3.63, 3.8) is 0 Å². The molecule has 6 heteroatoms. The first-order valence-corrected chi connectivity index (χ1v) is 7.08. The van der Waals surface area contributed by atoms with Crippen molar-refractivity contribution in [1.82, 2.24) is 5.32 Å². The molecule has 1 aliphatic rings. The fraction of sp³-hybridized carbons (Fsp3) is 0.800. The van der Waals surface area contributed by atoms with Gasteiger partial charge in [0.1, 0.15) is 5.25 Å². The van der Waals surface area contributed by atoms with Crippen LogP contribution in [0.4, 0.5) is 0 Å². The first kappa shape index (κ1) is 13.0. The Balaban J connectivity index is 2.57. The van der Waals surface area contributed by atoms with E-state index in [2.05, 4.69) is 5.32 Å². The summed E-state index contributed by atoms with van der Waals surface area (Å²) in [7, 11) is -3.27. The van der Waals surface area contributed by atoms with Gasteiger partial charge in [-0.1, -0.05) is 6.42 Å². The molecule has 1 N–H and O–H groups in total. The van der Waals surface area contributed by atoms with Crippen molar-refractivity contribution in [3.05, 3.63) is 0 Å². The summed E-state index contributed by atoms with van der Waals surface area (Å²) in [6.07, 6.45) is 1.81. The molecule has 1 aliphatic heterocycles. The molecule has 1 saturated heterocycles. The van der Waals surface area contributed by atoms with Crippen LogP contribution in [0.5, 0.6) is 0 Å². The van der Waals surface area contributed by atoms with Gasteiger partial charge in [0.2, 0.25) is 5.91 Å². The van der Waals surface area contributed by atoms with E-state index in [1.165, 1.54) is 0 Å². The van der Waals surface area contributed by atoms with Gasteiger partial charge in [0.15, 0.2) is 9.84 Å². The molecule has 16 heavy (non-hydrogen) atoms. The number of hydrogen-bond acceptors (Lipinski definition) is 4. The number of carbonyl (C=O) groups excluding carboxylic acids is 1. The van der Waals surface area contributed by atoms with Crippen molar-refractivity contribution in [1.29, 1.82) is 5.26 Å². The van der Waals surface area contributed by atoms with Crippen molar-refractivity contribution in [2.75, 3.05) is 12.3 Å². The molecule has 1 rings (SSSR count). The molecule has 5 nitrogen and oxygen atoms in total. The molecule has 90 valence electrons. The summed E-state index contributed by atoms with van der Waals surface area (Å²) in [5.41, 5.74) is 0. The molecule has 0 spiro atoms. The lowest BCUT2D eigenvalue weighted by molar-refractivity contribution is -0.120. The first-order chi connectivity index (χ1) is 7.47. The molecule has 2 unspecified atom stereocenters. The molecule has 1 heterocycles. The van der Waals surface area contributed by atoms with Crippen LogP contribution in [0, 0.1) is 17.2 Å². The second kappa shape index (κ2) is 5.30. The Morgan fingerprint density at radius 1 is 1.56 bits per heavy atom. The minimum atomic E-state index is -3.27. The molecular formula is C10H16N2O3S. The van der Waals surface area contributed by atoms with Gasteiger partial charge in [-0.15, -0.1) is 0 Å². The van der Waals surface area contributed by atoms with Crippen LogP contribution in [0.15, 0.2) is 0 Å². The molecule has 0 aromatic carbocycles. The van der Waals surface area contributed by atoms with Gasteiger partial charge in [0, 0.05) is 6.54 Å². The van der Waals surface area contributed by atoms with E-state index in [0.29, 0.717) is 12.8 Å². The normalized spacial score (nSPS) is 25.4. The number of carbonyl (C=O) groups is 1. The predicted octanol–water partition coefficient (Wildman–Crippen LogP) is 0.230. The molecule has 1 fully saturated rings. The van der Waals surface area contributed by atoms with E-state index >= 15 is 0 Å². The number of nitrogens with one attached hydrogen (secondary N) is 1. The predicted molar refractivity (Wildman–Crippen MR) is 59.2 cm³/mol. The lowest BCUT2D eigenvalue weighted by Gasteiger charge is -2.21. The van der Waals surface area contributed by atoms with Crippen LogP contribution in [0.25, 0.3) is 0 Å². The highest BCUT2D eigenvalue weighted by Gasteiger charge is 2.34. The van der Waals surface area contributed by atoms with Crippen molar-refractivity contribution in [3.8, 4) is 6.07 Å². The van der Waals surface area contributed by atoms with Crippen molar-refractivity contribution in [2.24, 2.45) is 5.92 Å². The van der Waals surface area contributed by atoms with Gasteiger partial charge in [-0.3, -0.25) is 4.79 Å². The van der Waals surface area contributed by atoms with Crippen LogP contribution < -0.4 is 5.32 Å². The van der Waals surface area contributed by atoms with E-state index in [-0.39, 0.29) is 18.2 Å². The van der Waals surface area contributed by atoms with Gasteiger partial charge < -0.3 is 5.32 Å². The van der Waals surface area contributed by atoms with Crippen molar-refractivity contribution < 1.29 is 13.2 Å². The summed E-state index contributed by atoms with van der Waals surface area (Å²) in [6.45, 7) is 1.89. The van der Waals surface area contributed by atoms with Gasteiger partial charge in [-0.2, -0.15) is 5.26 Å². The van der Waals surface area contributed by atoms with Gasteiger partial charge >= 0.3 is 0 Å². The zero-order chi connectivity index (χ0) is 12.2. The zero-order valence-corrected chi connectivity index (χ0v) is 10.1. The fourth-order valence-corrected chi connectivity index (χ4v) is 3.49. The second-order valence-corrected chi connectivity index (χ2v) is 6.43. The Labute approximate surface area is 95.7 Å². The number of nitrogens with zero attached hydrogens (tertiary/aromatic N) is 1. The summed E-state index contributed by atoms with van der Waals surface area (Å²) < 4.78 is 23.2. The highest BCUT2D eigenvalue weighted by Crippen LogP contribution is 2.19. The van der Waals surface area contributed by atoms with Crippen LogP contribution in [-0.4, -0.2) is 31.9 Å². The fourth-order valence-electron chi connectivity index (χ4n) is 1.66. The lowest BCUT2D eigenvalue weighted by atomic mass is 10.1. The summed E-state index contributed by atoms with van der Waals surface area (Å²) in [5.74, 6) is -0.657. The Bertz CT molecular complexity index is 397. The van der Waals surface area contributed by atoms with E-state index in [0.717, 1.165) is 6.42 Å². The number of rotatable bonds is 3. The van der Waals surface area contributed by atoms with E-state index in [1.807, 2.05) is 6.07 Å². The first-order valence-electron chi connectivity index (χ1n) is 5.36. The number of nitriles is 1. The second-order valence-electron chi connectivity index (χ2n) is 4.13. The van der Waals surface area contributed by atoms with Crippen LogP contribution in [-0.2, 0) is 14.6 Å². The number of amides is 1. The van der Waals surface area contributed by atoms with Crippen molar-refractivity contribution in [2.45, 2.75) is 31.4 Å². The molecule has 1 amide bonds. The van der Waals surface area contributed by atoms with E-state index in [4.69, 9.17) is 5.26 Å². The Morgan fingerprint density at radius 3 is 2.81 bits per heavy atom. The monoisotopic (exact) mass is 244 g/mol. The smallest absolute Gasteiger partial charge is 0.238 e. The molecule has 0 saturated carbocycles. The summed E-state index contributed by atoms with van der Waals surface area (Å²) in [6, 6.07) is 1.98. The number of hydrogen-bond donors (Lipinski definition) is 1. The van der Waals surface area contributed by atoms with E-state index in [9.17, 15) is 13.2 Å². The average Bonchev–Trinajstić information content (AvgIpc) is 2.24. The zero-order valence-electron chi connectivity index (χ0n) is 9.27. The Kier molecular flexibility index (Phi) is 4.30. The number of sulfone groups is 1. The molecule has 0 aliphatic carbocycles. The third-order valence-electron chi connectivity index (χ3n) is 2.67. The molecule has 0 aromatic rings. The van der Waals surface area contributed by atoms with Crippen LogP contribution in [0.1, 0.15) is 26.2 Å². The minimum Gasteiger partial charge on any atom is -0.354 e. The minimum absolute atomic E-state index is 0.0961. The maximum Gasteiger partial charge on any atom is 0.238 e. The molecule has 0 radical (unpaired) electrons. The van der Waals surface area contributed by atoms with Crippen LogP contribution in [0.2, 0.25) is 0 Å².